The molecular weight excluding hydrogens is 523 g/mol. The fourth-order valence-electron chi connectivity index (χ4n) is 3.27. The van der Waals surface area contributed by atoms with E-state index in [2.05, 4.69) is 47.9 Å². The summed E-state index contributed by atoms with van der Waals surface area (Å²) in [6, 6.07) is 10.8. The standard InChI is InChI=1S/C18H19N5.C6H3F3N2O.C4H6O/c1-12-16(10-15(19-2)11-23-12)13-4-6-21-17(8-13)14-5-7-22-18(9-14)20-3;7-6(8,9)4-1-5(3-12)11-10-2-4;5-3-4-1-2-4/h4-11,19H,1-3H3,(H,20,22);1-3H;3-4H,1-2H2. The number of pyridine rings is 3. The van der Waals surface area contributed by atoms with E-state index < -0.39 is 11.7 Å². The minimum Gasteiger partial charge on any atom is -0.387 e. The minimum absolute atomic E-state index is 0.211. The summed E-state index contributed by atoms with van der Waals surface area (Å²) in [6.45, 7) is 2.01. The molecule has 4 aromatic rings. The van der Waals surface area contributed by atoms with E-state index in [-0.39, 0.29) is 12.0 Å². The molecule has 12 heteroatoms. The van der Waals surface area contributed by atoms with Crippen LogP contribution < -0.4 is 10.6 Å². The van der Waals surface area contributed by atoms with Crippen LogP contribution in [0, 0.1) is 12.8 Å². The number of aldehydes is 2. The first kappa shape index (κ1) is 29.8. The number of alkyl halides is 3. The van der Waals surface area contributed by atoms with Crippen molar-refractivity contribution in [3.05, 3.63) is 78.1 Å². The minimum atomic E-state index is -4.48. The fraction of sp³-hybridized carbons (Fsp3) is 0.250. The number of aryl methyl sites for hydroxylation is 1. The summed E-state index contributed by atoms with van der Waals surface area (Å²) in [6.07, 6.45) is 5.05. The number of nitrogens with one attached hydrogen (secondary N) is 2. The van der Waals surface area contributed by atoms with Gasteiger partial charge in [0.2, 0.25) is 0 Å². The highest BCUT2D eigenvalue weighted by molar-refractivity contribution is 5.74. The summed E-state index contributed by atoms with van der Waals surface area (Å²) in [7, 11) is 3.75. The van der Waals surface area contributed by atoms with Crippen LogP contribution in [0.15, 0.2) is 61.2 Å². The molecule has 9 nitrogen and oxygen atoms in total. The van der Waals surface area contributed by atoms with Crippen LogP contribution in [0.3, 0.4) is 0 Å². The molecule has 0 radical (unpaired) electrons. The largest absolute Gasteiger partial charge is 0.418 e. The topological polar surface area (TPSA) is 123 Å². The van der Waals surface area contributed by atoms with Crippen molar-refractivity contribution >= 4 is 24.1 Å². The molecule has 2 N–H and O–H groups in total. The highest BCUT2D eigenvalue weighted by Gasteiger charge is 2.31. The second-order valence-corrected chi connectivity index (χ2v) is 8.67. The number of halogens is 3. The molecule has 4 heterocycles. The molecule has 0 bridgehead atoms. The van der Waals surface area contributed by atoms with Crippen LogP contribution >= 0.6 is 0 Å². The number of rotatable bonds is 6. The van der Waals surface area contributed by atoms with Gasteiger partial charge in [-0.3, -0.25) is 14.8 Å². The molecule has 1 fully saturated rings. The molecule has 0 saturated heterocycles. The third kappa shape index (κ3) is 8.65. The number of hydrogen-bond donors (Lipinski definition) is 2. The fourth-order valence-corrected chi connectivity index (χ4v) is 3.27. The molecule has 4 aromatic heterocycles. The molecule has 0 atom stereocenters. The van der Waals surface area contributed by atoms with Gasteiger partial charge >= 0.3 is 6.18 Å². The Kier molecular flexibility index (Phi) is 10.3. The van der Waals surface area contributed by atoms with E-state index in [9.17, 15) is 22.8 Å². The number of anilines is 2. The summed E-state index contributed by atoms with van der Waals surface area (Å²) in [5.74, 6) is 1.28. The lowest BCUT2D eigenvalue weighted by atomic mass is 10.0. The predicted molar refractivity (Wildman–Crippen MR) is 146 cm³/mol. The Morgan fingerprint density at radius 3 is 2.23 bits per heavy atom. The smallest absolute Gasteiger partial charge is 0.387 e. The second-order valence-electron chi connectivity index (χ2n) is 8.67. The van der Waals surface area contributed by atoms with Gasteiger partial charge in [-0.25, -0.2) is 4.98 Å². The molecule has 1 aliphatic rings. The molecule has 0 aromatic carbocycles. The van der Waals surface area contributed by atoms with E-state index in [0.29, 0.717) is 18.2 Å². The van der Waals surface area contributed by atoms with Crippen LogP contribution in [0.1, 0.15) is 34.6 Å². The molecule has 208 valence electrons. The van der Waals surface area contributed by atoms with E-state index >= 15 is 0 Å². The monoisotopic (exact) mass is 551 g/mol. The maximum Gasteiger partial charge on any atom is 0.418 e. The summed E-state index contributed by atoms with van der Waals surface area (Å²) < 4.78 is 35.8. The van der Waals surface area contributed by atoms with E-state index in [0.717, 1.165) is 58.7 Å². The van der Waals surface area contributed by atoms with Gasteiger partial charge in [-0.1, -0.05) is 0 Å². The maximum absolute atomic E-state index is 11.9. The van der Waals surface area contributed by atoms with E-state index in [4.69, 9.17) is 0 Å². The molecule has 0 aliphatic heterocycles. The number of nitrogens with zero attached hydrogens (tertiary/aromatic N) is 5. The molecule has 1 saturated carbocycles. The lowest BCUT2D eigenvalue weighted by Gasteiger charge is -2.10. The van der Waals surface area contributed by atoms with Gasteiger partial charge < -0.3 is 15.4 Å². The molecule has 0 amide bonds. The SMILES string of the molecule is CNc1cnc(C)c(-c2ccnc(-c3ccnc(NC)c3)c2)c1.O=CC1CC1.O=Cc1cc(C(F)(F)F)cnn1. The summed E-state index contributed by atoms with van der Waals surface area (Å²) in [5, 5.41) is 12.4. The van der Waals surface area contributed by atoms with Crippen molar-refractivity contribution in [1.82, 2.24) is 25.1 Å². The maximum atomic E-state index is 11.9. The zero-order chi connectivity index (χ0) is 29.1. The Labute approximate surface area is 229 Å². The van der Waals surface area contributed by atoms with Crippen molar-refractivity contribution in [2.75, 3.05) is 24.7 Å². The third-order valence-corrected chi connectivity index (χ3v) is 5.69. The highest BCUT2D eigenvalue weighted by atomic mass is 19.4. The predicted octanol–water partition coefficient (Wildman–Crippen LogP) is 5.50. The Morgan fingerprint density at radius 2 is 1.62 bits per heavy atom. The van der Waals surface area contributed by atoms with Crippen molar-refractivity contribution in [3.63, 3.8) is 0 Å². The van der Waals surface area contributed by atoms with Gasteiger partial charge in [0.1, 0.15) is 17.8 Å². The summed E-state index contributed by atoms with van der Waals surface area (Å²) >= 11 is 0. The van der Waals surface area contributed by atoms with Crippen LogP contribution in [0.25, 0.3) is 22.4 Å². The van der Waals surface area contributed by atoms with Gasteiger partial charge in [0.15, 0.2) is 6.29 Å². The number of aromatic nitrogens is 5. The number of hydrogen-bond acceptors (Lipinski definition) is 9. The zero-order valence-corrected chi connectivity index (χ0v) is 22.1. The van der Waals surface area contributed by atoms with Crippen LogP contribution in [0.5, 0.6) is 0 Å². The Balaban J connectivity index is 0.000000214. The van der Waals surface area contributed by atoms with Crippen LogP contribution in [-0.4, -0.2) is 51.8 Å². The Hall–Kier alpha value is -4.74. The molecular formula is C28H28F3N7O2. The molecule has 5 rings (SSSR count). The van der Waals surface area contributed by atoms with Crippen molar-refractivity contribution in [1.29, 1.82) is 0 Å². The van der Waals surface area contributed by atoms with Crippen molar-refractivity contribution in [2.24, 2.45) is 5.92 Å². The van der Waals surface area contributed by atoms with Crippen LogP contribution in [0.4, 0.5) is 24.7 Å². The van der Waals surface area contributed by atoms with Gasteiger partial charge in [-0.15, -0.1) is 5.10 Å². The average Bonchev–Trinajstić information content (AvgIpc) is 3.83. The lowest BCUT2D eigenvalue weighted by Crippen LogP contribution is -2.07. The van der Waals surface area contributed by atoms with Gasteiger partial charge in [-0.05, 0) is 61.7 Å². The molecule has 0 spiro atoms. The van der Waals surface area contributed by atoms with Crippen LogP contribution in [-0.2, 0) is 11.0 Å². The zero-order valence-electron chi connectivity index (χ0n) is 22.1. The normalized spacial score (nSPS) is 12.2. The summed E-state index contributed by atoms with van der Waals surface area (Å²) in [4.78, 5) is 32.8. The van der Waals surface area contributed by atoms with Crippen molar-refractivity contribution < 1.29 is 22.8 Å². The molecule has 40 heavy (non-hydrogen) atoms. The van der Waals surface area contributed by atoms with Gasteiger partial charge in [0, 0.05) is 49.2 Å². The molecule has 1 aliphatic carbocycles. The van der Waals surface area contributed by atoms with E-state index in [1.807, 2.05) is 51.6 Å². The summed E-state index contributed by atoms with van der Waals surface area (Å²) in [5.41, 5.74) is 4.82. The number of carbonyl (C=O) groups is 2. The van der Waals surface area contributed by atoms with Gasteiger partial charge in [0.05, 0.1) is 29.3 Å². The van der Waals surface area contributed by atoms with Crippen LogP contribution in [0.2, 0.25) is 0 Å². The lowest BCUT2D eigenvalue weighted by molar-refractivity contribution is -0.138. The molecule has 0 unspecified atom stereocenters. The van der Waals surface area contributed by atoms with E-state index in [1.54, 1.807) is 6.20 Å². The van der Waals surface area contributed by atoms with Crippen molar-refractivity contribution in [3.8, 4) is 22.4 Å². The highest BCUT2D eigenvalue weighted by Crippen LogP contribution is 2.29. The number of carbonyl (C=O) groups excluding carboxylic acids is 2. The Bertz CT molecular complexity index is 1440. The van der Waals surface area contributed by atoms with Gasteiger partial charge in [-0.2, -0.15) is 18.3 Å². The Morgan fingerprint density at radius 1 is 0.900 bits per heavy atom. The quantitative estimate of drug-likeness (QED) is 0.299. The first-order chi connectivity index (χ1) is 19.2. The second kappa shape index (κ2) is 13.9. The third-order valence-electron chi connectivity index (χ3n) is 5.69. The first-order valence-electron chi connectivity index (χ1n) is 12.2. The van der Waals surface area contributed by atoms with Gasteiger partial charge in [0.25, 0.3) is 0 Å². The van der Waals surface area contributed by atoms with Crippen molar-refractivity contribution in [2.45, 2.75) is 25.9 Å². The first-order valence-corrected chi connectivity index (χ1v) is 12.2. The van der Waals surface area contributed by atoms with E-state index in [1.165, 1.54) is 0 Å². The average molecular weight is 552 g/mol.